The molecule has 0 unspecified atom stereocenters. The van der Waals surface area contributed by atoms with Crippen molar-refractivity contribution in [3.8, 4) is 5.88 Å². The molecule has 1 aliphatic rings. The minimum absolute atomic E-state index is 0.603. The van der Waals surface area contributed by atoms with Crippen LogP contribution >= 0.6 is 0 Å². The molecule has 6 heteroatoms. The van der Waals surface area contributed by atoms with Crippen LogP contribution in [0.5, 0.6) is 5.88 Å². The molecule has 6 nitrogen and oxygen atoms in total. The van der Waals surface area contributed by atoms with Crippen molar-refractivity contribution in [3.05, 3.63) is 35.6 Å². The first-order valence-electron chi connectivity index (χ1n) is 6.37. The van der Waals surface area contributed by atoms with Crippen LogP contribution in [-0.2, 0) is 13.0 Å². The van der Waals surface area contributed by atoms with Gasteiger partial charge in [-0.15, -0.1) is 0 Å². The molecule has 0 aromatic carbocycles. The first kappa shape index (κ1) is 12.1. The second-order valence-corrected chi connectivity index (χ2v) is 4.65. The summed E-state index contributed by atoms with van der Waals surface area (Å²) >= 11 is 0. The third-order valence-electron chi connectivity index (χ3n) is 3.00. The largest absolute Gasteiger partial charge is 0.481 e. The normalized spacial score (nSPS) is 14.6. The fourth-order valence-electron chi connectivity index (χ4n) is 1.77. The molecule has 0 amide bonds. The van der Waals surface area contributed by atoms with Gasteiger partial charge < -0.3 is 14.6 Å². The highest BCUT2D eigenvalue weighted by Gasteiger charge is 2.21. The molecule has 0 saturated heterocycles. The molecule has 19 heavy (non-hydrogen) atoms. The number of pyridine rings is 1. The van der Waals surface area contributed by atoms with E-state index in [-0.39, 0.29) is 0 Å². The molecule has 2 aromatic heterocycles. The average molecular weight is 260 g/mol. The maximum Gasteiger partial charge on any atom is 0.240 e. The molecule has 1 aliphatic carbocycles. The van der Waals surface area contributed by atoms with E-state index in [2.05, 4.69) is 20.4 Å². The Morgan fingerprint density at radius 1 is 1.42 bits per heavy atom. The van der Waals surface area contributed by atoms with Gasteiger partial charge in [0.15, 0.2) is 5.82 Å². The van der Waals surface area contributed by atoms with Crippen molar-refractivity contribution in [2.45, 2.75) is 31.8 Å². The first-order chi connectivity index (χ1) is 9.33. The third-order valence-corrected chi connectivity index (χ3v) is 3.00. The summed E-state index contributed by atoms with van der Waals surface area (Å²) in [5.41, 5.74) is 1.03. The monoisotopic (exact) mass is 260 g/mol. The number of rotatable bonds is 6. The zero-order valence-electron chi connectivity index (χ0n) is 10.8. The molecule has 0 bridgehead atoms. The standard InChI is InChI=1S/C13H16N4O2/c1-18-12-5-2-9(7-15-12)6-11-16-13(19-17-11)8-14-10-3-4-10/h2,5,7,10,14H,3-4,6,8H2,1H3. The molecule has 3 rings (SSSR count). The van der Waals surface area contributed by atoms with E-state index < -0.39 is 0 Å². The molecule has 100 valence electrons. The lowest BCUT2D eigenvalue weighted by Gasteiger charge is -1.99. The van der Waals surface area contributed by atoms with E-state index in [0.29, 0.717) is 36.6 Å². The van der Waals surface area contributed by atoms with Crippen molar-refractivity contribution in [1.29, 1.82) is 0 Å². The molecule has 0 radical (unpaired) electrons. The summed E-state index contributed by atoms with van der Waals surface area (Å²) < 4.78 is 10.2. The lowest BCUT2D eigenvalue weighted by molar-refractivity contribution is 0.363. The summed E-state index contributed by atoms with van der Waals surface area (Å²) in [6, 6.07) is 4.41. The van der Waals surface area contributed by atoms with E-state index in [0.717, 1.165) is 5.56 Å². The summed E-state index contributed by atoms with van der Waals surface area (Å²) in [5, 5.41) is 7.31. The second-order valence-electron chi connectivity index (χ2n) is 4.65. The Morgan fingerprint density at radius 3 is 3.00 bits per heavy atom. The van der Waals surface area contributed by atoms with Crippen LogP contribution in [0.4, 0.5) is 0 Å². The third kappa shape index (κ3) is 3.29. The van der Waals surface area contributed by atoms with Crippen LogP contribution in [0.15, 0.2) is 22.9 Å². The van der Waals surface area contributed by atoms with Gasteiger partial charge in [-0.05, 0) is 18.4 Å². The average Bonchev–Trinajstić information content (AvgIpc) is 3.17. The number of hydrogen-bond acceptors (Lipinski definition) is 6. The summed E-state index contributed by atoms with van der Waals surface area (Å²) in [4.78, 5) is 8.50. The molecule has 0 aliphatic heterocycles. The molecule has 1 fully saturated rings. The Hall–Kier alpha value is -1.95. The van der Waals surface area contributed by atoms with Crippen molar-refractivity contribution >= 4 is 0 Å². The fraction of sp³-hybridized carbons (Fsp3) is 0.462. The lowest BCUT2D eigenvalue weighted by Crippen LogP contribution is -2.15. The van der Waals surface area contributed by atoms with Crippen LogP contribution in [-0.4, -0.2) is 28.3 Å². The Morgan fingerprint density at radius 2 is 2.32 bits per heavy atom. The number of methoxy groups -OCH3 is 1. The molecule has 1 saturated carbocycles. The van der Waals surface area contributed by atoms with Crippen molar-refractivity contribution in [2.24, 2.45) is 0 Å². The van der Waals surface area contributed by atoms with Crippen LogP contribution in [0.1, 0.15) is 30.1 Å². The Bertz CT molecular complexity index is 534. The lowest BCUT2D eigenvalue weighted by atomic mass is 10.2. The SMILES string of the molecule is COc1ccc(Cc2noc(CNC3CC3)n2)cn1. The van der Waals surface area contributed by atoms with Crippen molar-refractivity contribution in [2.75, 3.05) is 7.11 Å². The minimum Gasteiger partial charge on any atom is -0.481 e. The van der Waals surface area contributed by atoms with Gasteiger partial charge in [-0.1, -0.05) is 11.2 Å². The van der Waals surface area contributed by atoms with Gasteiger partial charge in [-0.3, -0.25) is 0 Å². The Labute approximate surface area is 111 Å². The minimum atomic E-state index is 0.603. The van der Waals surface area contributed by atoms with Crippen LogP contribution in [0.2, 0.25) is 0 Å². The molecular weight excluding hydrogens is 244 g/mol. The van der Waals surface area contributed by atoms with E-state index in [1.54, 1.807) is 13.3 Å². The molecule has 2 aromatic rings. The molecule has 2 heterocycles. The van der Waals surface area contributed by atoms with Gasteiger partial charge >= 0.3 is 0 Å². The number of nitrogens with one attached hydrogen (secondary N) is 1. The number of nitrogens with zero attached hydrogens (tertiary/aromatic N) is 3. The summed E-state index contributed by atoms with van der Waals surface area (Å²) in [6.45, 7) is 0.651. The number of aromatic nitrogens is 3. The van der Waals surface area contributed by atoms with Crippen LogP contribution in [0.3, 0.4) is 0 Å². The van der Waals surface area contributed by atoms with Crippen LogP contribution in [0, 0.1) is 0 Å². The second kappa shape index (κ2) is 5.36. The topological polar surface area (TPSA) is 73.1 Å². The zero-order chi connectivity index (χ0) is 13.1. The first-order valence-corrected chi connectivity index (χ1v) is 6.37. The maximum atomic E-state index is 5.19. The highest BCUT2D eigenvalue weighted by atomic mass is 16.5. The predicted molar refractivity (Wildman–Crippen MR) is 67.8 cm³/mol. The van der Waals surface area contributed by atoms with Crippen molar-refractivity contribution in [3.63, 3.8) is 0 Å². The number of ether oxygens (including phenoxy) is 1. The van der Waals surface area contributed by atoms with Gasteiger partial charge in [0, 0.05) is 24.7 Å². The van der Waals surface area contributed by atoms with E-state index in [1.807, 2.05) is 12.1 Å². The van der Waals surface area contributed by atoms with Gasteiger partial charge in [0.1, 0.15) is 0 Å². The van der Waals surface area contributed by atoms with Gasteiger partial charge in [0.2, 0.25) is 11.8 Å². The van der Waals surface area contributed by atoms with Gasteiger partial charge in [-0.2, -0.15) is 4.98 Å². The van der Waals surface area contributed by atoms with E-state index >= 15 is 0 Å². The summed E-state index contributed by atoms with van der Waals surface area (Å²) in [6.07, 6.45) is 4.87. The summed E-state index contributed by atoms with van der Waals surface area (Å²) in [5.74, 6) is 1.93. The van der Waals surface area contributed by atoms with Crippen LogP contribution in [0.25, 0.3) is 0 Å². The quantitative estimate of drug-likeness (QED) is 0.844. The predicted octanol–water partition coefficient (Wildman–Crippen LogP) is 1.32. The number of hydrogen-bond donors (Lipinski definition) is 1. The van der Waals surface area contributed by atoms with E-state index in [4.69, 9.17) is 9.26 Å². The molecular formula is C13H16N4O2. The Balaban J connectivity index is 1.58. The zero-order valence-corrected chi connectivity index (χ0v) is 10.8. The molecule has 0 atom stereocenters. The van der Waals surface area contributed by atoms with Crippen LogP contribution < -0.4 is 10.1 Å². The molecule has 1 N–H and O–H groups in total. The van der Waals surface area contributed by atoms with Crippen molar-refractivity contribution < 1.29 is 9.26 Å². The van der Waals surface area contributed by atoms with Gasteiger partial charge in [0.25, 0.3) is 0 Å². The van der Waals surface area contributed by atoms with E-state index in [1.165, 1.54) is 12.8 Å². The van der Waals surface area contributed by atoms with Crippen molar-refractivity contribution in [1.82, 2.24) is 20.4 Å². The van der Waals surface area contributed by atoms with Gasteiger partial charge in [-0.25, -0.2) is 4.98 Å². The highest BCUT2D eigenvalue weighted by Crippen LogP contribution is 2.19. The maximum absolute atomic E-state index is 5.19. The fourth-order valence-corrected chi connectivity index (χ4v) is 1.77. The summed E-state index contributed by atoms with van der Waals surface area (Å²) in [7, 11) is 1.60. The Kier molecular flexibility index (Phi) is 3.41. The highest BCUT2D eigenvalue weighted by molar-refractivity contribution is 5.20. The van der Waals surface area contributed by atoms with Gasteiger partial charge in [0.05, 0.1) is 13.7 Å². The smallest absolute Gasteiger partial charge is 0.240 e. The molecule has 0 spiro atoms. The van der Waals surface area contributed by atoms with E-state index in [9.17, 15) is 0 Å².